The smallest absolute Gasteiger partial charge is 0.0270 e. The van der Waals surface area contributed by atoms with Crippen LogP contribution in [0.25, 0.3) is 10.4 Å². The van der Waals surface area contributed by atoms with Gasteiger partial charge in [0, 0.05) is 11.5 Å². The van der Waals surface area contributed by atoms with Crippen LogP contribution in [0.2, 0.25) is 0 Å². The Kier molecular flexibility index (Phi) is 6.96. The van der Waals surface area contributed by atoms with Crippen molar-refractivity contribution in [2.24, 2.45) is 5.11 Å². The molecule has 1 aliphatic heterocycles. The third-order valence-electron chi connectivity index (χ3n) is 1.99. The third kappa shape index (κ3) is 4.44. The minimum absolute atomic E-state index is 0. The van der Waals surface area contributed by atoms with Gasteiger partial charge < -0.3 is 4.90 Å². The van der Waals surface area contributed by atoms with E-state index in [0.29, 0.717) is 6.54 Å². The third-order valence-corrected chi connectivity index (χ3v) is 1.99. The van der Waals surface area contributed by atoms with Gasteiger partial charge in [-0.15, -0.1) is 12.4 Å². The van der Waals surface area contributed by atoms with Gasteiger partial charge in [0.1, 0.15) is 0 Å². The molecule has 0 saturated carbocycles. The summed E-state index contributed by atoms with van der Waals surface area (Å²) in [6, 6.07) is 0. The van der Waals surface area contributed by atoms with Crippen molar-refractivity contribution in [2.75, 3.05) is 26.2 Å². The first-order valence-electron chi connectivity index (χ1n) is 4.16. The van der Waals surface area contributed by atoms with Gasteiger partial charge in [0.15, 0.2) is 0 Å². The molecule has 0 spiro atoms. The Morgan fingerprint density at radius 1 is 1.33 bits per heavy atom. The molecule has 0 amide bonds. The number of hydrogen-bond acceptors (Lipinski definition) is 2. The molecule has 0 radical (unpaired) electrons. The zero-order chi connectivity index (χ0) is 7.94. The number of nitrogens with zero attached hydrogens (tertiary/aromatic N) is 4. The summed E-state index contributed by atoms with van der Waals surface area (Å²) < 4.78 is 0. The largest absolute Gasteiger partial charge is 0.303 e. The molecule has 0 aromatic rings. The maximum atomic E-state index is 8.00. The molecule has 0 unspecified atom stereocenters. The van der Waals surface area contributed by atoms with Crippen LogP contribution in [0.1, 0.15) is 19.3 Å². The van der Waals surface area contributed by atoms with E-state index in [9.17, 15) is 0 Å². The van der Waals surface area contributed by atoms with Crippen molar-refractivity contribution in [1.82, 2.24) is 4.90 Å². The average Bonchev–Trinajstić information content (AvgIpc) is 2.50. The highest BCUT2D eigenvalue weighted by Crippen LogP contribution is 2.06. The fourth-order valence-corrected chi connectivity index (χ4v) is 1.42. The van der Waals surface area contributed by atoms with E-state index in [1.807, 2.05) is 0 Å². The molecule has 5 heteroatoms. The van der Waals surface area contributed by atoms with Crippen LogP contribution < -0.4 is 0 Å². The molecule has 1 aliphatic rings. The maximum Gasteiger partial charge on any atom is 0.0270 e. The molecule has 1 heterocycles. The summed E-state index contributed by atoms with van der Waals surface area (Å²) in [5.74, 6) is 0. The van der Waals surface area contributed by atoms with Gasteiger partial charge in [-0.25, -0.2) is 0 Å². The summed E-state index contributed by atoms with van der Waals surface area (Å²) >= 11 is 0. The highest BCUT2D eigenvalue weighted by Gasteiger charge is 2.09. The number of likely N-dealkylation sites (tertiary alicyclic amines) is 1. The SMILES string of the molecule is Cl.[N-]=[N+]=NCCCN1CCCC1. The van der Waals surface area contributed by atoms with Gasteiger partial charge in [0.05, 0.1) is 0 Å². The van der Waals surface area contributed by atoms with Crippen LogP contribution in [0.15, 0.2) is 5.11 Å². The van der Waals surface area contributed by atoms with Gasteiger partial charge in [-0.1, -0.05) is 5.11 Å². The van der Waals surface area contributed by atoms with E-state index >= 15 is 0 Å². The molecule has 0 N–H and O–H groups in total. The summed E-state index contributed by atoms with van der Waals surface area (Å²) in [6.07, 6.45) is 3.67. The monoisotopic (exact) mass is 190 g/mol. The molecule has 4 nitrogen and oxygen atoms in total. The second-order valence-electron chi connectivity index (χ2n) is 2.86. The second kappa shape index (κ2) is 7.22. The molecule has 0 aromatic carbocycles. The quantitative estimate of drug-likeness (QED) is 0.290. The molecular weight excluding hydrogens is 176 g/mol. The van der Waals surface area contributed by atoms with E-state index in [1.54, 1.807) is 0 Å². The number of azide groups is 1. The zero-order valence-corrected chi connectivity index (χ0v) is 7.96. The minimum atomic E-state index is 0. The lowest BCUT2D eigenvalue weighted by Gasteiger charge is -2.12. The van der Waals surface area contributed by atoms with Crippen molar-refractivity contribution >= 4 is 12.4 Å². The van der Waals surface area contributed by atoms with E-state index in [0.717, 1.165) is 13.0 Å². The van der Waals surface area contributed by atoms with E-state index in [4.69, 9.17) is 5.53 Å². The van der Waals surface area contributed by atoms with Crippen molar-refractivity contribution in [2.45, 2.75) is 19.3 Å². The number of rotatable bonds is 4. The Bertz CT molecular complexity index is 149. The maximum absolute atomic E-state index is 8.00. The van der Waals surface area contributed by atoms with E-state index in [-0.39, 0.29) is 12.4 Å². The Labute approximate surface area is 79.0 Å². The molecule has 1 rings (SSSR count). The second-order valence-corrected chi connectivity index (χ2v) is 2.86. The lowest BCUT2D eigenvalue weighted by atomic mass is 10.4. The van der Waals surface area contributed by atoms with Crippen LogP contribution in [0.3, 0.4) is 0 Å². The fraction of sp³-hybridized carbons (Fsp3) is 1.00. The van der Waals surface area contributed by atoms with Crippen LogP contribution in [0, 0.1) is 0 Å². The van der Waals surface area contributed by atoms with Crippen LogP contribution in [0.4, 0.5) is 0 Å². The Hall–Kier alpha value is -0.440. The minimum Gasteiger partial charge on any atom is -0.303 e. The molecule has 12 heavy (non-hydrogen) atoms. The van der Waals surface area contributed by atoms with Crippen LogP contribution in [-0.2, 0) is 0 Å². The summed E-state index contributed by atoms with van der Waals surface area (Å²) in [5, 5.41) is 3.49. The lowest BCUT2D eigenvalue weighted by Crippen LogP contribution is -2.20. The lowest BCUT2D eigenvalue weighted by molar-refractivity contribution is 0.336. The molecule has 0 aromatic heterocycles. The van der Waals surface area contributed by atoms with E-state index < -0.39 is 0 Å². The van der Waals surface area contributed by atoms with Gasteiger partial charge in [0.2, 0.25) is 0 Å². The predicted octanol–water partition coefficient (Wildman–Crippen LogP) is 2.20. The van der Waals surface area contributed by atoms with Crippen molar-refractivity contribution in [1.29, 1.82) is 0 Å². The first-order valence-corrected chi connectivity index (χ1v) is 4.16. The summed E-state index contributed by atoms with van der Waals surface area (Å²) in [7, 11) is 0. The van der Waals surface area contributed by atoms with Crippen LogP contribution in [0.5, 0.6) is 0 Å². The topological polar surface area (TPSA) is 52.0 Å². The first-order chi connectivity index (χ1) is 5.43. The molecular formula is C7H15ClN4. The summed E-state index contributed by atoms with van der Waals surface area (Å²) in [5.41, 5.74) is 8.00. The normalized spacial score (nSPS) is 16.7. The standard InChI is InChI=1S/C7H14N4.ClH/c8-10-9-4-3-7-11-5-1-2-6-11;/h1-7H2;1H. The Morgan fingerprint density at radius 3 is 2.58 bits per heavy atom. The van der Waals surface area contributed by atoms with Crippen LogP contribution >= 0.6 is 12.4 Å². The fourth-order valence-electron chi connectivity index (χ4n) is 1.42. The van der Waals surface area contributed by atoms with Crippen molar-refractivity contribution in [3.8, 4) is 0 Å². The molecule has 1 saturated heterocycles. The van der Waals surface area contributed by atoms with Crippen molar-refractivity contribution in [3.63, 3.8) is 0 Å². The Balaban J connectivity index is 0.00000121. The number of hydrogen-bond donors (Lipinski definition) is 0. The van der Waals surface area contributed by atoms with Gasteiger partial charge in [-0.05, 0) is 44.4 Å². The van der Waals surface area contributed by atoms with Gasteiger partial charge in [0.25, 0.3) is 0 Å². The summed E-state index contributed by atoms with van der Waals surface area (Å²) in [6.45, 7) is 4.21. The van der Waals surface area contributed by atoms with Gasteiger partial charge in [-0.2, -0.15) is 0 Å². The van der Waals surface area contributed by atoms with Crippen molar-refractivity contribution in [3.05, 3.63) is 10.4 Å². The van der Waals surface area contributed by atoms with Crippen LogP contribution in [-0.4, -0.2) is 31.1 Å². The average molecular weight is 191 g/mol. The Morgan fingerprint density at radius 2 is 2.00 bits per heavy atom. The first kappa shape index (κ1) is 11.6. The number of halogens is 1. The van der Waals surface area contributed by atoms with Gasteiger partial charge in [-0.3, -0.25) is 0 Å². The predicted molar refractivity (Wildman–Crippen MR) is 51.6 cm³/mol. The zero-order valence-electron chi connectivity index (χ0n) is 7.15. The van der Waals surface area contributed by atoms with E-state index in [2.05, 4.69) is 14.9 Å². The molecule has 70 valence electrons. The molecule has 0 aliphatic carbocycles. The van der Waals surface area contributed by atoms with Gasteiger partial charge >= 0.3 is 0 Å². The summed E-state index contributed by atoms with van der Waals surface area (Å²) in [4.78, 5) is 5.13. The highest BCUT2D eigenvalue weighted by atomic mass is 35.5. The highest BCUT2D eigenvalue weighted by molar-refractivity contribution is 5.85. The molecule has 0 bridgehead atoms. The van der Waals surface area contributed by atoms with E-state index in [1.165, 1.54) is 25.9 Å². The molecule has 1 fully saturated rings. The van der Waals surface area contributed by atoms with Crippen molar-refractivity contribution < 1.29 is 0 Å². The molecule has 0 atom stereocenters.